The molecule has 0 saturated heterocycles. The molecule has 5 nitrogen and oxygen atoms in total. The van der Waals surface area contributed by atoms with Gasteiger partial charge in [-0.25, -0.2) is 0 Å². The number of hydrogen-bond donors (Lipinski definition) is 2. The molecule has 0 amide bonds. The molecule has 0 rings (SSSR count). The maximum Gasteiger partial charge on any atom is 0.463 e. The molecule has 0 aliphatic rings. The number of hydrogen-bond acceptors (Lipinski definition) is 5. The van der Waals surface area contributed by atoms with E-state index in [-0.39, 0.29) is 0 Å². The first-order valence-corrected chi connectivity index (χ1v) is 4.33. The maximum atomic E-state index is 11.0. The Bertz CT molecular complexity index is 129. The van der Waals surface area contributed by atoms with Crippen molar-refractivity contribution >= 4 is 14.7 Å². The van der Waals surface area contributed by atoms with Crippen LogP contribution in [-0.4, -0.2) is 37.4 Å². The molecule has 0 aliphatic carbocycles. The van der Waals surface area contributed by atoms with Gasteiger partial charge in [-0.15, -0.1) is 0 Å². The van der Waals surface area contributed by atoms with Crippen LogP contribution in [0.5, 0.6) is 0 Å². The lowest BCUT2D eigenvalue weighted by Crippen LogP contribution is -2.18. The van der Waals surface area contributed by atoms with Crippen LogP contribution in [0.4, 0.5) is 0 Å². The smallest absolute Gasteiger partial charge is 0.427 e. The van der Waals surface area contributed by atoms with E-state index in [0.29, 0.717) is 0 Å². The summed E-state index contributed by atoms with van der Waals surface area (Å²) in [5.41, 5.74) is 0. The second-order valence-electron chi connectivity index (χ2n) is 1.64. The molecular weight excluding hydrogens is 158 g/mol. The van der Waals surface area contributed by atoms with Crippen LogP contribution < -0.4 is 0 Å². The van der Waals surface area contributed by atoms with Gasteiger partial charge in [0.25, 0.3) is 0 Å². The molecule has 0 unspecified atom stereocenters. The summed E-state index contributed by atoms with van der Waals surface area (Å²) in [7, 11) is -2.52. The Labute approximate surface area is 59.6 Å². The molecule has 0 fully saturated rings. The van der Waals surface area contributed by atoms with Crippen LogP contribution in [0.15, 0.2) is 0 Å². The summed E-state index contributed by atoms with van der Waals surface area (Å²) in [5, 5.41) is 16.7. The zero-order valence-corrected chi connectivity index (χ0v) is 6.75. The quantitative estimate of drug-likeness (QED) is 0.436. The minimum absolute atomic E-state index is 0.403. The molecule has 0 radical (unpaired) electrons. The molecule has 0 aromatic heterocycles. The molecule has 2 N–H and O–H groups in total. The molecule has 0 aromatic rings. The van der Waals surface area contributed by atoms with Gasteiger partial charge in [0, 0.05) is 14.2 Å². The van der Waals surface area contributed by atoms with Gasteiger partial charge >= 0.3 is 14.7 Å². The first-order valence-electron chi connectivity index (χ1n) is 2.61. The van der Waals surface area contributed by atoms with Crippen molar-refractivity contribution in [1.82, 2.24) is 0 Å². The average molecular weight is 168 g/mol. The van der Waals surface area contributed by atoms with Crippen molar-refractivity contribution in [2.45, 2.75) is 0 Å². The summed E-state index contributed by atoms with van der Waals surface area (Å²) in [6.45, 7) is 0. The summed E-state index contributed by atoms with van der Waals surface area (Å²) in [6, 6.07) is -0.403. The molecule has 0 atom stereocenters. The summed E-state index contributed by atoms with van der Waals surface area (Å²) in [4.78, 5) is 0. The summed E-state index contributed by atoms with van der Waals surface area (Å²) >= 11 is 0. The van der Waals surface area contributed by atoms with Crippen LogP contribution in [0.25, 0.3) is 0 Å². The van der Waals surface area contributed by atoms with E-state index >= 15 is 0 Å². The predicted octanol–water partition coefficient (Wildman–Crippen LogP) is -0.516. The predicted molar refractivity (Wildman–Crippen MR) is 36.7 cm³/mol. The fourth-order valence-electron chi connectivity index (χ4n) is 0.424. The Balaban J connectivity index is 3.94. The summed E-state index contributed by atoms with van der Waals surface area (Å²) in [5.74, 6) is 0. The molecule has 7 heteroatoms. The SMILES string of the molecule is COP(=O)(CB(O)O)OC. The van der Waals surface area contributed by atoms with Gasteiger partial charge in [-0.3, -0.25) is 4.57 Å². The monoisotopic (exact) mass is 168 g/mol. The second kappa shape index (κ2) is 4.11. The molecule has 0 aliphatic heterocycles. The van der Waals surface area contributed by atoms with Gasteiger partial charge in [-0.1, -0.05) is 0 Å². The largest absolute Gasteiger partial charge is 0.463 e. The van der Waals surface area contributed by atoms with Gasteiger partial charge in [0.2, 0.25) is 0 Å². The molecule has 0 saturated carbocycles. The topological polar surface area (TPSA) is 76.0 Å². The van der Waals surface area contributed by atoms with Crippen LogP contribution >= 0.6 is 7.60 Å². The molecule has 0 heterocycles. The van der Waals surface area contributed by atoms with Crippen LogP contribution in [0.1, 0.15) is 0 Å². The van der Waals surface area contributed by atoms with E-state index < -0.39 is 20.8 Å². The third-order valence-corrected chi connectivity index (χ3v) is 2.83. The lowest BCUT2D eigenvalue weighted by atomic mass is 9.98. The fourth-order valence-corrected chi connectivity index (χ4v) is 1.27. The highest BCUT2D eigenvalue weighted by atomic mass is 31.2. The van der Waals surface area contributed by atoms with Gasteiger partial charge in [0.1, 0.15) is 0 Å². The van der Waals surface area contributed by atoms with Crippen molar-refractivity contribution in [3.05, 3.63) is 0 Å². The van der Waals surface area contributed by atoms with Gasteiger partial charge in [-0.05, 0) is 0 Å². The highest BCUT2D eigenvalue weighted by molar-refractivity contribution is 7.56. The van der Waals surface area contributed by atoms with Crippen molar-refractivity contribution in [3.8, 4) is 0 Å². The zero-order chi connectivity index (χ0) is 8.20. The van der Waals surface area contributed by atoms with Crippen LogP contribution in [0, 0.1) is 0 Å². The average Bonchev–Trinajstić information content (AvgIpc) is 1.87. The Morgan fingerprint density at radius 2 is 1.80 bits per heavy atom. The fraction of sp³-hybridized carbons (Fsp3) is 1.00. The first kappa shape index (κ1) is 10.1. The van der Waals surface area contributed by atoms with Crippen LogP contribution in [-0.2, 0) is 13.6 Å². The Kier molecular flexibility index (Phi) is 4.16. The molecule has 0 aromatic carbocycles. The maximum absolute atomic E-state index is 11.0. The van der Waals surface area contributed by atoms with Gasteiger partial charge < -0.3 is 19.1 Å². The van der Waals surface area contributed by atoms with Crippen molar-refractivity contribution in [3.63, 3.8) is 0 Å². The van der Waals surface area contributed by atoms with Crippen molar-refractivity contribution in [2.75, 3.05) is 20.3 Å². The molecule has 60 valence electrons. The molecule has 10 heavy (non-hydrogen) atoms. The van der Waals surface area contributed by atoms with E-state index in [1.165, 1.54) is 14.2 Å². The van der Waals surface area contributed by atoms with Gasteiger partial charge in [-0.2, -0.15) is 0 Å². The first-order chi connectivity index (χ1) is 4.54. The van der Waals surface area contributed by atoms with E-state index in [1.54, 1.807) is 0 Å². The molecule has 0 spiro atoms. The van der Waals surface area contributed by atoms with Crippen LogP contribution in [0.3, 0.4) is 0 Å². The molecular formula is C3H10BO5P. The van der Waals surface area contributed by atoms with Gasteiger partial charge in [0.05, 0.1) is 6.06 Å². The Morgan fingerprint density at radius 3 is 1.90 bits per heavy atom. The lowest BCUT2D eigenvalue weighted by molar-refractivity contribution is 0.276. The van der Waals surface area contributed by atoms with E-state index in [4.69, 9.17) is 10.0 Å². The lowest BCUT2D eigenvalue weighted by Gasteiger charge is -2.11. The third kappa shape index (κ3) is 3.34. The Hall–Kier alpha value is 0.135. The zero-order valence-electron chi connectivity index (χ0n) is 5.85. The van der Waals surface area contributed by atoms with E-state index in [2.05, 4.69) is 9.05 Å². The minimum Gasteiger partial charge on any atom is -0.427 e. The number of rotatable bonds is 4. The second-order valence-corrected chi connectivity index (χ2v) is 3.96. The Morgan fingerprint density at radius 1 is 1.40 bits per heavy atom. The summed E-state index contributed by atoms with van der Waals surface area (Å²) in [6.07, 6.45) is 0. The third-order valence-electron chi connectivity index (χ3n) is 0.943. The van der Waals surface area contributed by atoms with Crippen molar-refractivity contribution in [2.24, 2.45) is 0 Å². The minimum atomic E-state index is -3.24. The van der Waals surface area contributed by atoms with E-state index in [0.717, 1.165) is 0 Å². The highest BCUT2D eigenvalue weighted by Gasteiger charge is 2.27. The summed E-state index contributed by atoms with van der Waals surface area (Å²) < 4.78 is 19.8. The normalized spacial score (nSPS) is 11.6. The highest BCUT2D eigenvalue weighted by Crippen LogP contribution is 2.45. The van der Waals surface area contributed by atoms with Crippen LogP contribution in [0.2, 0.25) is 0 Å². The van der Waals surface area contributed by atoms with E-state index in [1.807, 2.05) is 0 Å². The van der Waals surface area contributed by atoms with Crippen molar-refractivity contribution < 1.29 is 23.7 Å². The standard InChI is InChI=1S/C3H10BO5P/c1-8-10(7,9-2)3-4(5)6/h5-6H,3H2,1-2H3. The van der Waals surface area contributed by atoms with Gasteiger partial charge in [0.15, 0.2) is 0 Å². The van der Waals surface area contributed by atoms with E-state index in [9.17, 15) is 4.57 Å². The molecule has 0 bridgehead atoms. The van der Waals surface area contributed by atoms with Crippen molar-refractivity contribution in [1.29, 1.82) is 0 Å².